The van der Waals surface area contributed by atoms with Crippen LogP contribution < -0.4 is 5.43 Å². The fraction of sp³-hybridized carbons (Fsp3) is 0.510. The Balaban J connectivity index is 1.24. The Morgan fingerprint density at radius 3 is 2.54 bits per heavy atom. The van der Waals surface area contributed by atoms with Gasteiger partial charge in [0.2, 0.25) is 0 Å². The number of fused-ring (bicyclic) bond motifs is 7. The van der Waals surface area contributed by atoms with Gasteiger partial charge in [-0.2, -0.15) is 18.3 Å². The minimum atomic E-state index is -4.58. The number of cyclic esters (lactones) is 1. The third kappa shape index (κ3) is 10.7. The molecule has 4 aliphatic heterocycles. The quantitative estimate of drug-likeness (QED) is 0.132. The van der Waals surface area contributed by atoms with Crippen molar-refractivity contribution in [2.45, 2.75) is 112 Å². The molecule has 8 rings (SSSR count). The van der Waals surface area contributed by atoms with Crippen LogP contribution in [-0.4, -0.2) is 124 Å². The van der Waals surface area contributed by atoms with E-state index in [2.05, 4.69) is 22.1 Å². The van der Waals surface area contributed by atoms with Gasteiger partial charge in [-0.1, -0.05) is 13.8 Å². The standard InChI is InChI=1S/C42H48F3N6O5.C8H10NO2.CH3.In/c1-25(2)17-36(52)47-33-19-26-9-6-10-27(18-26)28-13-14-34-29(20-28)30(21-41(3,4)24-56-40(54)32-11-7-16-51(48-32)39(33)53)37(49(34)23-42(43,44)45)31-22-46-50-15-8-12-35(55-5)38(31)50;1-2-8(11)9-4-3-7(5-9)6-10;;/h6,9-10,13-14,17-18,20,22,25,32,35,48H,7-8,11-12,15-16,19,21,23-24H2,1-5H3;2,7H,1,3-5H2;1H3;/t32-,35-;7-;;/m00../s1. The van der Waals surface area contributed by atoms with E-state index in [0.717, 1.165) is 12.0 Å². The Hall–Kier alpha value is -5.07. The molecular weight excluding hydrogens is 994 g/mol. The van der Waals surface area contributed by atoms with E-state index < -0.39 is 67.1 Å². The number of ether oxygens (including phenoxy) is 2. The fourth-order valence-corrected chi connectivity index (χ4v) is 19.5. The van der Waals surface area contributed by atoms with Gasteiger partial charge in [-0.3, -0.25) is 4.68 Å². The van der Waals surface area contributed by atoms with Gasteiger partial charge in [0.15, 0.2) is 0 Å². The first-order chi connectivity index (χ1) is 32.8. The maximum atomic E-state index is 14.8. The minimum absolute atomic E-state index is 0.0548. The molecule has 14 nitrogen and oxygen atoms in total. The van der Waals surface area contributed by atoms with E-state index in [1.807, 2.05) is 67.4 Å². The van der Waals surface area contributed by atoms with Crippen molar-refractivity contribution in [3.8, 4) is 22.4 Å². The fourth-order valence-electron chi connectivity index (χ4n) is 10.8. The summed E-state index contributed by atoms with van der Waals surface area (Å²) in [5.74, 6) is -2.57. The number of hydrogen-bond acceptors (Lipinski definition) is 9. The second-order valence-electron chi connectivity index (χ2n) is 20.2. The number of alkyl halides is 3. The summed E-state index contributed by atoms with van der Waals surface area (Å²) in [6, 6.07) is 11.9. The summed E-state index contributed by atoms with van der Waals surface area (Å²) >= 11 is -3.46. The monoisotopic (exact) mass is 1060 g/mol. The molecule has 6 heterocycles. The Bertz CT molecular complexity index is 2710. The van der Waals surface area contributed by atoms with E-state index in [4.69, 9.17) is 9.47 Å². The molecule has 0 radical (unpaired) electrons. The number of nitrogens with one attached hydrogen (secondary N) is 1. The second kappa shape index (κ2) is 20.3. The van der Waals surface area contributed by atoms with Crippen LogP contribution in [0.3, 0.4) is 0 Å². The number of hydrazine groups is 1. The van der Waals surface area contributed by atoms with Crippen LogP contribution in [0.25, 0.3) is 33.3 Å². The van der Waals surface area contributed by atoms with E-state index in [0.29, 0.717) is 83.3 Å². The van der Waals surface area contributed by atoms with Gasteiger partial charge >= 0.3 is 295 Å². The van der Waals surface area contributed by atoms with Crippen molar-refractivity contribution in [1.29, 1.82) is 0 Å². The Morgan fingerprint density at radius 1 is 1.06 bits per heavy atom. The molecule has 0 unspecified atom stereocenters. The molecule has 69 heavy (non-hydrogen) atoms. The number of esters is 1. The van der Waals surface area contributed by atoms with Gasteiger partial charge in [-0.05, 0) is 19.3 Å². The zero-order valence-corrected chi connectivity index (χ0v) is 43.5. The molecule has 0 aliphatic carbocycles. The molecule has 18 heteroatoms. The summed E-state index contributed by atoms with van der Waals surface area (Å²) in [7, 11) is 1.60. The van der Waals surface area contributed by atoms with Crippen molar-refractivity contribution in [2.24, 2.45) is 22.2 Å². The number of likely N-dealkylation sites (tertiary alicyclic amines) is 1. The van der Waals surface area contributed by atoms with E-state index in [1.54, 1.807) is 30.3 Å². The van der Waals surface area contributed by atoms with Crippen molar-refractivity contribution in [2.75, 3.05) is 33.4 Å². The van der Waals surface area contributed by atoms with Crippen LogP contribution in [0.5, 0.6) is 0 Å². The average Bonchev–Trinajstić information content (AvgIpc) is 4.05. The van der Waals surface area contributed by atoms with E-state index in [-0.39, 0.29) is 65.6 Å². The summed E-state index contributed by atoms with van der Waals surface area (Å²) < 4.78 is 60.7. The number of methoxy groups -OCH3 is 1. The molecule has 4 aliphatic rings. The molecule has 2 saturated heterocycles. The van der Waals surface area contributed by atoms with Crippen molar-refractivity contribution < 1.29 is 46.6 Å². The van der Waals surface area contributed by atoms with Gasteiger partial charge < -0.3 is 9.30 Å². The number of aliphatic imine (C=N–C) groups is 1. The molecule has 2 fully saturated rings. The Morgan fingerprint density at radius 2 is 1.81 bits per heavy atom. The first-order valence-electron chi connectivity index (χ1n) is 24.0. The van der Waals surface area contributed by atoms with Crippen LogP contribution >= 0.6 is 0 Å². The van der Waals surface area contributed by atoms with Crippen LogP contribution in [0.1, 0.15) is 82.7 Å². The maximum absolute atomic E-state index is 14.8. The SMILES string of the molecule is C=CC(=O)N1CC[C@H]([C](=O)[In]([CH3])[C@H](C(=O)N=C2Cc3cccc(c3)-c3ccc4c(c3)c(c(-c3cnn5c3[C@@H](OC)CCC5)n4CC(F)(F)F)CC(C)(C)COC(=O)[C@@H]3CCCN(N3)C2=O)C(C)C)C1. The molecule has 4 aromatic rings. The van der Waals surface area contributed by atoms with Gasteiger partial charge in [-0.15, -0.1) is 0 Å². The van der Waals surface area contributed by atoms with Gasteiger partial charge in [0.25, 0.3) is 0 Å². The Kier molecular flexibility index (Phi) is 14.8. The molecule has 2 aromatic carbocycles. The topological polar surface area (TPSA) is 157 Å². The van der Waals surface area contributed by atoms with Crippen molar-refractivity contribution in [1.82, 2.24) is 29.7 Å². The number of carbonyl (C=O) groups excluding carboxylic acids is 5. The number of halogens is 3. The molecule has 366 valence electrons. The second-order valence-corrected chi connectivity index (χ2v) is 28.4. The summed E-state index contributed by atoms with van der Waals surface area (Å²) in [5.41, 5.74) is 6.97. The summed E-state index contributed by atoms with van der Waals surface area (Å²) in [6.45, 7) is 11.4. The van der Waals surface area contributed by atoms with Gasteiger partial charge in [0.1, 0.15) is 6.54 Å². The van der Waals surface area contributed by atoms with Crippen molar-refractivity contribution in [3.63, 3.8) is 0 Å². The van der Waals surface area contributed by atoms with Gasteiger partial charge in [0.05, 0.1) is 23.7 Å². The molecule has 3 amide bonds. The first-order valence-corrected chi connectivity index (χ1v) is 30.8. The van der Waals surface area contributed by atoms with E-state index in [9.17, 15) is 37.1 Å². The molecule has 0 saturated carbocycles. The number of benzene rings is 2. The molecule has 1 N–H and O–H groups in total. The predicted octanol–water partition coefficient (Wildman–Crippen LogP) is 7.64. The number of carbonyl (C=O) groups is 5. The number of nitrogens with zero attached hydrogens (tertiary/aromatic N) is 6. The first kappa shape index (κ1) is 50.3. The molecule has 0 spiro atoms. The number of amides is 3. The number of aromatic nitrogens is 3. The summed E-state index contributed by atoms with van der Waals surface area (Å²) in [5, 5.41) is 6.57. The zero-order valence-electron chi connectivity index (χ0n) is 40.2. The predicted molar refractivity (Wildman–Crippen MR) is 256 cm³/mol. The number of hydrogen-bond donors (Lipinski definition) is 1. The molecular formula is C51H61F3InN7O7. The van der Waals surface area contributed by atoms with Gasteiger partial charge in [-0.25, -0.2) is 0 Å². The normalized spacial score (nSPS) is 22.1. The van der Waals surface area contributed by atoms with Gasteiger partial charge in [0, 0.05) is 19.2 Å². The third-order valence-corrected chi connectivity index (χ3v) is 24.2. The third-order valence-electron chi connectivity index (χ3n) is 14.2. The Labute approximate surface area is 408 Å². The molecule has 4 atom stereocenters. The van der Waals surface area contributed by atoms with Crippen molar-refractivity contribution in [3.05, 3.63) is 78.1 Å². The number of rotatable bonds is 9. The van der Waals surface area contributed by atoms with Crippen LogP contribution in [0.4, 0.5) is 13.2 Å². The van der Waals surface area contributed by atoms with E-state index in [1.165, 1.54) is 15.7 Å². The van der Waals surface area contributed by atoms with Crippen LogP contribution in [0.2, 0.25) is 8.35 Å². The molecule has 6 bridgehead atoms. The summed E-state index contributed by atoms with van der Waals surface area (Å²) in [6.07, 6.45) is 0.896. The summed E-state index contributed by atoms with van der Waals surface area (Å²) in [4.78, 5) is 75.7. The van der Waals surface area contributed by atoms with Crippen molar-refractivity contribution >= 4 is 65.3 Å². The van der Waals surface area contributed by atoms with E-state index >= 15 is 0 Å². The molecule has 2 aromatic heterocycles. The van der Waals surface area contributed by atoms with Crippen LogP contribution in [-0.2, 0) is 59.4 Å². The zero-order chi connectivity index (χ0) is 49.5. The van der Waals surface area contributed by atoms with Crippen LogP contribution in [0.15, 0.2) is 66.3 Å². The average molecular weight is 1060 g/mol. The number of aryl methyl sites for hydroxylation is 1. The van der Waals surface area contributed by atoms with Crippen LogP contribution in [0, 0.1) is 17.3 Å².